The van der Waals surface area contributed by atoms with Crippen LogP contribution in [-0.2, 0) is 19.3 Å². The number of aryl methyl sites for hydroxylation is 3. The molecule has 0 unspecified atom stereocenters. The minimum absolute atomic E-state index is 0.612. The van der Waals surface area contributed by atoms with Crippen molar-refractivity contribution in [2.45, 2.75) is 26.2 Å². The molecule has 1 aromatic heterocycles. The lowest BCUT2D eigenvalue weighted by Crippen LogP contribution is -1.99. The van der Waals surface area contributed by atoms with E-state index in [-0.39, 0.29) is 0 Å². The Morgan fingerprint density at radius 1 is 0.941 bits per heavy atom. The summed E-state index contributed by atoms with van der Waals surface area (Å²) >= 11 is 0. The van der Waals surface area contributed by atoms with Crippen LogP contribution in [0.2, 0.25) is 0 Å². The monoisotopic (exact) mass is 227 g/mol. The first-order valence-electron chi connectivity index (χ1n) is 5.92. The standard InChI is InChI=1S/C14H17N3/c1-2-11-3-5-12(6-4-11)7-8-14-16-9-13(15)10-17-14/h3-6,9-10H,2,7-8,15H2,1H3. The zero-order valence-electron chi connectivity index (χ0n) is 10.1. The van der Waals surface area contributed by atoms with Gasteiger partial charge in [0.15, 0.2) is 0 Å². The van der Waals surface area contributed by atoms with Gasteiger partial charge in [-0.15, -0.1) is 0 Å². The average Bonchev–Trinajstić information content (AvgIpc) is 2.39. The fraction of sp³-hybridized carbons (Fsp3) is 0.286. The lowest BCUT2D eigenvalue weighted by Gasteiger charge is -2.02. The fourth-order valence-electron chi connectivity index (χ4n) is 1.69. The Morgan fingerprint density at radius 2 is 1.53 bits per heavy atom. The number of nitrogens with zero attached hydrogens (tertiary/aromatic N) is 2. The molecular weight excluding hydrogens is 210 g/mol. The van der Waals surface area contributed by atoms with Gasteiger partial charge in [-0.1, -0.05) is 31.2 Å². The van der Waals surface area contributed by atoms with E-state index < -0.39 is 0 Å². The van der Waals surface area contributed by atoms with E-state index in [9.17, 15) is 0 Å². The van der Waals surface area contributed by atoms with Crippen molar-refractivity contribution in [3.8, 4) is 0 Å². The number of benzene rings is 1. The van der Waals surface area contributed by atoms with E-state index in [1.165, 1.54) is 11.1 Å². The van der Waals surface area contributed by atoms with Crippen LogP contribution < -0.4 is 5.73 Å². The highest BCUT2D eigenvalue weighted by atomic mass is 14.9. The van der Waals surface area contributed by atoms with Crippen molar-refractivity contribution in [3.63, 3.8) is 0 Å². The number of nitrogen functional groups attached to an aromatic ring is 1. The number of rotatable bonds is 4. The Hall–Kier alpha value is -1.90. The lowest BCUT2D eigenvalue weighted by molar-refractivity contribution is 0.858. The Balaban J connectivity index is 1.95. The molecule has 1 heterocycles. The van der Waals surface area contributed by atoms with E-state index in [0.29, 0.717) is 5.69 Å². The molecule has 0 amide bonds. The Morgan fingerprint density at radius 3 is 2.12 bits per heavy atom. The van der Waals surface area contributed by atoms with Crippen molar-refractivity contribution in [3.05, 3.63) is 53.6 Å². The summed E-state index contributed by atoms with van der Waals surface area (Å²) in [6.45, 7) is 2.16. The van der Waals surface area contributed by atoms with Crippen molar-refractivity contribution < 1.29 is 0 Å². The summed E-state index contributed by atoms with van der Waals surface area (Å²) in [5, 5.41) is 0. The summed E-state index contributed by atoms with van der Waals surface area (Å²) in [4.78, 5) is 8.38. The minimum atomic E-state index is 0.612. The molecule has 0 radical (unpaired) electrons. The highest BCUT2D eigenvalue weighted by molar-refractivity contribution is 5.30. The molecule has 0 spiro atoms. The van der Waals surface area contributed by atoms with E-state index >= 15 is 0 Å². The summed E-state index contributed by atoms with van der Waals surface area (Å²) in [7, 11) is 0. The maximum atomic E-state index is 5.54. The normalized spacial score (nSPS) is 10.4. The molecule has 17 heavy (non-hydrogen) atoms. The van der Waals surface area contributed by atoms with Gasteiger partial charge in [-0.05, 0) is 24.0 Å². The quantitative estimate of drug-likeness (QED) is 0.872. The van der Waals surface area contributed by atoms with Crippen LogP contribution in [0, 0.1) is 0 Å². The molecule has 0 aliphatic carbocycles. The largest absolute Gasteiger partial charge is 0.396 e. The van der Waals surface area contributed by atoms with Crippen LogP contribution in [0.5, 0.6) is 0 Å². The summed E-state index contributed by atoms with van der Waals surface area (Å²) in [5.41, 5.74) is 8.85. The second kappa shape index (κ2) is 5.43. The van der Waals surface area contributed by atoms with Gasteiger partial charge in [-0.3, -0.25) is 0 Å². The van der Waals surface area contributed by atoms with Crippen molar-refractivity contribution in [2.75, 3.05) is 5.73 Å². The zero-order valence-corrected chi connectivity index (χ0v) is 10.1. The first kappa shape index (κ1) is 11.6. The third kappa shape index (κ3) is 3.28. The highest BCUT2D eigenvalue weighted by Crippen LogP contribution is 2.08. The number of nitrogens with two attached hydrogens (primary N) is 1. The highest BCUT2D eigenvalue weighted by Gasteiger charge is 1.98. The van der Waals surface area contributed by atoms with Crippen LogP contribution in [0.1, 0.15) is 23.9 Å². The van der Waals surface area contributed by atoms with Crippen molar-refractivity contribution in [1.29, 1.82) is 0 Å². The molecule has 0 atom stereocenters. The smallest absolute Gasteiger partial charge is 0.128 e. The van der Waals surface area contributed by atoms with Crippen LogP contribution in [-0.4, -0.2) is 9.97 Å². The number of hydrogen-bond donors (Lipinski definition) is 1. The molecule has 1 aromatic carbocycles. The second-order valence-electron chi connectivity index (χ2n) is 4.10. The second-order valence-corrected chi connectivity index (χ2v) is 4.10. The average molecular weight is 227 g/mol. The van der Waals surface area contributed by atoms with Crippen molar-refractivity contribution >= 4 is 5.69 Å². The van der Waals surface area contributed by atoms with Gasteiger partial charge in [0.25, 0.3) is 0 Å². The molecule has 3 nitrogen and oxygen atoms in total. The van der Waals surface area contributed by atoms with Gasteiger partial charge in [-0.25, -0.2) is 9.97 Å². The molecule has 0 saturated carbocycles. The van der Waals surface area contributed by atoms with Gasteiger partial charge in [0, 0.05) is 6.42 Å². The van der Waals surface area contributed by atoms with Gasteiger partial charge >= 0.3 is 0 Å². The van der Waals surface area contributed by atoms with Gasteiger partial charge in [-0.2, -0.15) is 0 Å². The predicted octanol–water partition coefficient (Wildman–Crippen LogP) is 2.41. The maximum absolute atomic E-state index is 5.54. The summed E-state index contributed by atoms with van der Waals surface area (Å²) in [5.74, 6) is 0.846. The molecule has 3 heteroatoms. The maximum Gasteiger partial charge on any atom is 0.128 e. The Labute approximate surface area is 102 Å². The van der Waals surface area contributed by atoms with Gasteiger partial charge in [0.2, 0.25) is 0 Å². The SMILES string of the molecule is CCc1ccc(CCc2ncc(N)cn2)cc1. The molecule has 0 fully saturated rings. The molecule has 0 saturated heterocycles. The Bertz CT molecular complexity index is 460. The topological polar surface area (TPSA) is 51.8 Å². The first-order valence-corrected chi connectivity index (χ1v) is 5.92. The number of aromatic nitrogens is 2. The Kier molecular flexibility index (Phi) is 3.70. The molecule has 0 bridgehead atoms. The molecule has 88 valence electrons. The number of anilines is 1. The molecule has 2 N–H and O–H groups in total. The van der Waals surface area contributed by atoms with Crippen LogP contribution in [0.25, 0.3) is 0 Å². The number of hydrogen-bond acceptors (Lipinski definition) is 3. The van der Waals surface area contributed by atoms with Gasteiger partial charge in [0.05, 0.1) is 18.1 Å². The molecule has 2 rings (SSSR count). The molecule has 2 aromatic rings. The van der Waals surface area contributed by atoms with Gasteiger partial charge < -0.3 is 5.73 Å². The predicted molar refractivity (Wildman–Crippen MR) is 69.7 cm³/mol. The van der Waals surface area contributed by atoms with E-state index in [4.69, 9.17) is 5.73 Å². The summed E-state index contributed by atoms with van der Waals surface area (Å²) in [6.07, 6.45) is 6.21. The summed E-state index contributed by atoms with van der Waals surface area (Å²) < 4.78 is 0. The van der Waals surface area contributed by atoms with Crippen molar-refractivity contribution in [2.24, 2.45) is 0 Å². The van der Waals surface area contributed by atoms with Crippen LogP contribution in [0.15, 0.2) is 36.7 Å². The summed E-state index contributed by atoms with van der Waals surface area (Å²) in [6, 6.07) is 8.71. The van der Waals surface area contributed by atoms with Crippen LogP contribution >= 0.6 is 0 Å². The molecule has 0 aliphatic rings. The van der Waals surface area contributed by atoms with Gasteiger partial charge in [0.1, 0.15) is 5.82 Å². The molecule has 0 aliphatic heterocycles. The third-order valence-corrected chi connectivity index (χ3v) is 2.79. The van der Waals surface area contributed by atoms with E-state index in [1.807, 2.05) is 0 Å². The van der Waals surface area contributed by atoms with Crippen LogP contribution in [0.3, 0.4) is 0 Å². The third-order valence-electron chi connectivity index (χ3n) is 2.79. The van der Waals surface area contributed by atoms with Crippen molar-refractivity contribution in [1.82, 2.24) is 9.97 Å². The minimum Gasteiger partial charge on any atom is -0.396 e. The molecular formula is C14H17N3. The van der Waals surface area contributed by atoms with E-state index in [0.717, 1.165) is 25.1 Å². The zero-order chi connectivity index (χ0) is 12.1. The lowest BCUT2D eigenvalue weighted by atomic mass is 10.1. The fourth-order valence-corrected chi connectivity index (χ4v) is 1.69. The van der Waals surface area contributed by atoms with E-state index in [2.05, 4.69) is 41.2 Å². The van der Waals surface area contributed by atoms with E-state index in [1.54, 1.807) is 12.4 Å². The first-order chi connectivity index (χ1) is 8.28. The van der Waals surface area contributed by atoms with Crippen LogP contribution in [0.4, 0.5) is 5.69 Å².